The molecule has 132 valence electrons. The molecule has 1 aliphatic rings. The van der Waals surface area contributed by atoms with Gasteiger partial charge in [0.15, 0.2) is 16.7 Å². The van der Waals surface area contributed by atoms with E-state index < -0.39 is 5.82 Å². The topological polar surface area (TPSA) is 71.5 Å². The highest BCUT2D eigenvalue weighted by Crippen LogP contribution is 2.28. The predicted molar refractivity (Wildman–Crippen MR) is 93.1 cm³/mol. The van der Waals surface area contributed by atoms with Gasteiger partial charge in [0.2, 0.25) is 11.8 Å². The molecule has 1 fully saturated rings. The highest BCUT2D eigenvalue weighted by molar-refractivity contribution is 7.14. The van der Waals surface area contributed by atoms with Crippen LogP contribution >= 0.6 is 11.3 Å². The van der Waals surface area contributed by atoms with E-state index in [9.17, 15) is 14.0 Å². The van der Waals surface area contributed by atoms with Crippen molar-refractivity contribution >= 4 is 28.3 Å². The van der Waals surface area contributed by atoms with Gasteiger partial charge in [0, 0.05) is 23.9 Å². The Labute approximate surface area is 148 Å². The quantitative estimate of drug-likeness (QED) is 0.887. The Kier molecular flexibility index (Phi) is 5.28. The molecule has 2 heterocycles. The summed E-state index contributed by atoms with van der Waals surface area (Å²) in [5, 5.41) is 4.85. The number of ether oxygens (including phenoxy) is 1. The number of hydrogen-bond acceptors (Lipinski definition) is 5. The third kappa shape index (κ3) is 4.14. The normalized spacial score (nSPS) is 14.5. The van der Waals surface area contributed by atoms with E-state index in [2.05, 4.69) is 10.3 Å². The van der Waals surface area contributed by atoms with Crippen LogP contribution in [0.1, 0.15) is 19.3 Å². The van der Waals surface area contributed by atoms with Crippen LogP contribution in [0.3, 0.4) is 0 Å². The lowest BCUT2D eigenvalue weighted by Crippen LogP contribution is -2.40. The highest BCUT2D eigenvalue weighted by Gasteiger charge is 2.21. The molecule has 2 aromatic rings. The van der Waals surface area contributed by atoms with Crippen LogP contribution in [0.4, 0.5) is 9.52 Å². The third-order valence-corrected chi connectivity index (χ3v) is 4.71. The third-order valence-electron chi connectivity index (χ3n) is 3.95. The Balaban J connectivity index is 1.64. The largest absolute Gasteiger partial charge is 0.494 e. The molecule has 0 saturated carbocycles. The molecule has 6 nitrogen and oxygen atoms in total. The smallest absolute Gasteiger partial charge is 0.245 e. The van der Waals surface area contributed by atoms with Gasteiger partial charge in [-0.05, 0) is 31.0 Å². The van der Waals surface area contributed by atoms with Crippen molar-refractivity contribution in [1.29, 1.82) is 0 Å². The minimum absolute atomic E-state index is 0.00920. The number of benzene rings is 1. The van der Waals surface area contributed by atoms with Crippen LogP contribution in [0.2, 0.25) is 0 Å². The number of carbonyl (C=O) groups is 2. The number of piperidine rings is 1. The van der Waals surface area contributed by atoms with E-state index in [1.807, 2.05) is 0 Å². The molecular formula is C17H18FN3O3S. The van der Waals surface area contributed by atoms with Crippen molar-refractivity contribution in [1.82, 2.24) is 9.88 Å². The summed E-state index contributed by atoms with van der Waals surface area (Å²) in [7, 11) is 1.40. The van der Waals surface area contributed by atoms with Crippen LogP contribution in [-0.4, -0.2) is 41.9 Å². The fourth-order valence-electron chi connectivity index (χ4n) is 2.65. The summed E-state index contributed by atoms with van der Waals surface area (Å²) in [6, 6.07) is 4.57. The molecule has 1 aromatic heterocycles. The number of amides is 2. The molecule has 1 aliphatic heterocycles. The Morgan fingerprint density at radius 1 is 1.44 bits per heavy atom. The summed E-state index contributed by atoms with van der Waals surface area (Å²) >= 11 is 1.25. The molecule has 1 N–H and O–H groups in total. The summed E-state index contributed by atoms with van der Waals surface area (Å²) in [4.78, 5) is 29.7. The number of carbonyl (C=O) groups excluding carboxylic acids is 2. The number of aromatic nitrogens is 1. The summed E-state index contributed by atoms with van der Waals surface area (Å²) in [6.07, 6.45) is 2.30. The first-order chi connectivity index (χ1) is 12.1. The molecular weight excluding hydrogens is 345 g/mol. The highest BCUT2D eigenvalue weighted by atomic mass is 32.1. The zero-order valence-electron chi connectivity index (χ0n) is 13.8. The second kappa shape index (κ2) is 7.60. The lowest BCUT2D eigenvalue weighted by atomic mass is 10.1. The SMILES string of the molecule is COc1ccc(-c2csc(NC(=O)CN3CCCCC3=O)n2)cc1F. The Bertz CT molecular complexity index is 793. The number of rotatable bonds is 5. The van der Waals surface area contributed by atoms with Gasteiger partial charge in [0.05, 0.1) is 19.3 Å². The first-order valence-corrected chi connectivity index (χ1v) is 8.82. The van der Waals surface area contributed by atoms with E-state index in [0.29, 0.717) is 29.4 Å². The van der Waals surface area contributed by atoms with Gasteiger partial charge in [-0.15, -0.1) is 11.3 Å². The van der Waals surface area contributed by atoms with Crippen LogP contribution in [0.15, 0.2) is 23.6 Å². The molecule has 0 bridgehead atoms. The van der Waals surface area contributed by atoms with E-state index in [-0.39, 0.29) is 24.1 Å². The molecule has 0 atom stereocenters. The first kappa shape index (κ1) is 17.3. The minimum atomic E-state index is -0.470. The molecule has 0 unspecified atom stereocenters. The minimum Gasteiger partial charge on any atom is -0.494 e. The number of thiazole rings is 1. The number of nitrogens with one attached hydrogen (secondary N) is 1. The molecule has 1 aromatic carbocycles. The van der Waals surface area contributed by atoms with Crippen molar-refractivity contribution in [2.24, 2.45) is 0 Å². The fraction of sp³-hybridized carbons (Fsp3) is 0.353. The molecule has 1 saturated heterocycles. The predicted octanol–water partition coefficient (Wildman–Crippen LogP) is 2.91. The zero-order chi connectivity index (χ0) is 17.8. The molecule has 0 radical (unpaired) electrons. The van der Waals surface area contributed by atoms with Gasteiger partial charge in [-0.1, -0.05) is 0 Å². The number of likely N-dealkylation sites (tertiary alicyclic amines) is 1. The van der Waals surface area contributed by atoms with Crippen molar-refractivity contribution in [2.45, 2.75) is 19.3 Å². The van der Waals surface area contributed by atoms with Gasteiger partial charge in [-0.25, -0.2) is 9.37 Å². The van der Waals surface area contributed by atoms with E-state index in [0.717, 1.165) is 12.8 Å². The average Bonchev–Trinajstić information content (AvgIpc) is 3.05. The maximum Gasteiger partial charge on any atom is 0.245 e. The second-order valence-electron chi connectivity index (χ2n) is 5.71. The maximum atomic E-state index is 13.8. The van der Waals surface area contributed by atoms with Crippen molar-refractivity contribution < 1.29 is 18.7 Å². The Hall–Kier alpha value is -2.48. The van der Waals surface area contributed by atoms with Gasteiger partial charge in [0.25, 0.3) is 0 Å². The van der Waals surface area contributed by atoms with E-state index in [4.69, 9.17) is 4.74 Å². The van der Waals surface area contributed by atoms with Crippen LogP contribution in [0.25, 0.3) is 11.3 Å². The molecule has 3 rings (SSSR count). The van der Waals surface area contributed by atoms with Gasteiger partial charge in [-0.3, -0.25) is 9.59 Å². The van der Waals surface area contributed by atoms with Gasteiger partial charge in [-0.2, -0.15) is 0 Å². The van der Waals surface area contributed by atoms with Crippen molar-refractivity contribution in [3.8, 4) is 17.0 Å². The fourth-order valence-corrected chi connectivity index (χ4v) is 3.39. The summed E-state index contributed by atoms with van der Waals surface area (Å²) in [5.41, 5.74) is 1.16. The molecule has 25 heavy (non-hydrogen) atoms. The van der Waals surface area contributed by atoms with E-state index >= 15 is 0 Å². The van der Waals surface area contributed by atoms with Crippen LogP contribution in [-0.2, 0) is 9.59 Å². The van der Waals surface area contributed by atoms with E-state index in [1.165, 1.54) is 30.6 Å². The summed E-state index contributed by atoms with van der Waals surface area (Å²) in [6.45, 7) is 0.644. The average molecular weight is 363 g/mol. The molecule has 0 aliphatic carbocycles. The lowest BCUT2D eigenvalue weighted by Gasteiger charge is -2.25. The summed E-state index contributed by atoms with van der Waals surface area (Å²) < 4.78 is 18.7. The standard InChI is InChI=1S/C17H18FN3O3S/c1-24-14-6-5-11(8-12(14)18)13-10-25-17(19-13)20-15(22)9-21-7-3-2-4-16(21)23/h5-6,8,10H,2-4,7,9H2,1H3,(H,19,20,22). The number of nitrogens with zero attached hydrogens (tertiary/aromatic N) is 2. The lowest BCUT2D eigenvalue weighted by molar-refractivity contribution is -0.136. The maximum absolute atomic E-state index is 13.8. The number of halogens is 1. The van der Waals surface area contributed by atoms with Crippen LogP contribution in [0.5, 0.6) is 5.75 Å². The summed E-state index contributed by atoms with van der Waals surface area (Å²) in [5.74, 6) is -0.576. The number of anilines is 1. The van der Waals surface area contributed by atoms with E-state index in [1.54, 1.807) is 16.3 Å². The van der Waals surface area contributed by atoms with Crippen molar-refractivity contribution in [2.75, 3.05) is 25.5 Å². The Morgan fingerprint density at radius 2 is 2.28 bits per heavy atom. The van der Waals surface area contributed by atoms with Crippen LogP contribution < -0.4 is 10.1 Å². The monoisotopic (exact) mass is 363 g/mol. The van der Waals surface area contributed by atoms with Gasteiger partial charge < -0.3 is 15.0 Å². The molecule has 8 heteroatoms. The molecule has 2 amide bonds. The number of methoxy groups -OCH3 is 1. The molecule has 0 spiro atoms. The second-order valence-corrected chi connectivity index (χ2v) is 6.57. The van der Waals surface area contributed by atoms with Crippen molar-refractivity contribution in [3.63, 3.8) is 0 Å². The van der Waals surface area contributed by atoms with Crippen LogP contribution in [0, 0.1) is 5.82 Å². The van der Waals surface area contributed by atoms with Crippen molar-refractivity contribution in [3.05, 3.63) is 29.4 Å². The number of hydrogen-bond donors (Lipinski definition) is 1. The zero-order valence-corrected chi connectivity index (χ0v) is 14.6. The van der Waals surface area contributed by atoms with Gasteiger partial charge in [0.1, 0.15) is 0 Å². The first-order valence-electron chi connectivity index (χ1n) is 7.94. The van der Waals surface area contributed by atoms with Gasteiger partial charge >= 0.3 is 0 Å². The Morgan fingerprint density at radius 3 is 3.00 bits per heavy atom.